The fourth-order valence-corrected chi connectivity index (χ4v) is 1.27. The van der Waals surface area contributed by atoms with Gasteiger partial charge in [0.15, 0.2) is 5.96 Å². The van der Waals surface area contributed by atoms with Crippen molar-refractivity contribution in [2.75, 3.05) is 20.2 Å². The molecule has 5 nitrogen and oxygen atoms in total. The summed E-state index contributed by atoms with van der Waals surface area (Å²) >= 11 is 0. The number of rotatable bonds is 5. The molecule has 0 saturated heterocycles. The van der Waals surface area contributed by atoms with E-state index in [2.05, 4.69) is 26.5 Å². The van der Waals surface area contributed by atoms with E-state index in [0.717, 1.165) is 12.1 Å². The fourth-order valence-electron chi connectivity index (χ4n) is 1.27. The first-order valence-electron chi connectivity index (χ1n) is 5.74. The zero-order chi connectivity index (χ0) is 13.2. The third-order valence-electron chi connectivity index (χ3n) is 2.13. The SMILES string of the molecule is C#CCNC(=NCc1ccc(OC)nc1)NCC. The van der Waals surface area contributed by atoms with Gasteiger partial charge in [-0.05, 0) is 12.5 Å². The topological polar surface area (TPSA) is 58.5 Å². The van der Waals surface area contributed by atoms with Crippen LogP contribution >= 0.6 is 0 Å². The third-order valence-corrected chi connectivity index (χ3v) is 2.13. The molecule has 0 aliphatic heterocycles. The molecule has 0 radical (unpaired) electrons. The number of methoxy groups -OCH3 is 1. The number of aliphatic imine (C=N–C) groups is 1. The molecule has 0 unspecified atom stereocenters. The Morgan fingerprint density at radius 3 is 2.89 bits per heavy atom. The molecule has 1 aromatic heterocycles. The average molecular weight is 246 g/mol. The molecular formula is C13H18N4O. The van der Waals surface area contributed by atoms with E-state index in [1.54, 1.807) is 13.3 Å². The molecule has 0 amide bonds. The quantitative estimate of drug-likeness (QED) is 0.458. The van der Waals surface area contributed by atoms with Gasteiger partial charge in [0.25, 0.3) is 0 Å². The van der Waals surface area contributed by atoms with Crippen LogP contribution in [-0.4, -0.2) is 31.1 Å². The van der Waals surface area contributed by atoms with Crippen molar-refractivity contribution in [1.29, 1.82) is 0 Å². The first-order valence-corrected chi connectivity index (χ1v) is 5.74. The van der Waals surface area contributed by atoms with Crippen LogP contribution in [0.2, 0.25) is 0 Å². The summed E-state index contributed by atoms with van der Waals surface area (Å²) in [5, 5.41) is 6.13. The van der Waals surface area contributed by atoms with Crippen molar-refractivity contribution in [3.63, 3.8) is 0 Å². The van der Waals surface area contributed by atoms with E-state index >= 15 is 0 Å². The van der Waals surface area contributed by atoms with E-state index in [1.165, 1.54) is 0 Å². The van der Waals surface area contributed by atoms with Crippen molar-refractivity contribution >= 4 is 5.96 Å². The number of ether oxygens (including phenoxy) is 1. The lowest BCUT2D eigenvalue weighted by molar-refractivity contribution is 0.397. The van der Waals surface area contributed by atoms with Crippen LogP contribution < -0.4 is 15.4 Å². The Bertz CT molecular complexity index is 420. The maximum absolute atomic E-state index is 5.19. The molecule has 0 aliphatic rings. The zero-order valence-electron chi connectivity index (χ0n) is 10.7. The monoisotopic (exact) mass is 246 g/mol. The summed E-state index contributed by atoms with van der Waals surface area (Å²) in [7, 11) is 1.59. The minimum atomic E-state index is 0.451. The highest BCUT2D eigenvalue weighted by atomic mass is 16.5. The summed E-state index contributed by atoms with van der Waals surface area (Å²) in [4.78, 5) is 8.51. The molecule has 1 heterocycles. The maximum Gasteiger partial charge on any atom is 0.212 e. The molecular weight excluding hydrogens is 228 g/mol. The van der Waals surface area contributed by atoms with Gasteiger partial charge in [-0.1, -0.05) is 12.0 Å². The maximum atomic E-state index is 5.19. The Morgan fingerprint density at radius 1 is 1.50 bits per heavy atom. The molecule has 0 fully saturated rings. The molecule has 0 spiro atoms. The summed E-state index contributed by atoms with van der Waals surface area (Å²) in [6.07, 6.45) is 6.94. The predicted octanol–water partition coefficient (Wildman–Crippen LogP) is 0.778. The van der Waals surface area contributed by atoms with Crippen LogP contribution in [0.3, 0.4) is 0 Å². The molecule has 18 heavy (non-hydrogen) atoms. The smallest absolute Gasteiger partial charge is 0.212 e. The first kappa shape index (κ1) is 13.8. The fraction of sp³-hybridized carbons (Fsp3) is 0.385. The van der Waals surface area contributed by atoms with E-state index in [0.29, 0.717) is 24.9 Å². The highest BCUT2D eigenvalue weighted by molar-refractivity contribution is 5.79. The number of nitrogens with one attached hydrogen (secondary N) is 2. The molecule has 0 aliphatic carbocycles. The van der Waals surface area contributed by atoms with Crippen molar-refractivity contribution in [3.05, 3.63) is 23.9 Å². The average Bonchev–Trinajstić information content (AvgIpc) is 2.42. The van der Waals surface area contributed by atoms with Gasteiger partial charge in [-0.2, -0.15) is 0 Å². The van der Waals surface area contributed by atoms with Gasteiger partial charge in [0.2, 0.25) is 5.88 Å². The van der Waals surface area contributed by atoms with E-state index in [9.17, 15) is 0 Å². The van der Waals surface area contributed by atoms with Gasteiger partial charge in [0.1, 0.15) is 0 Å². The Kier molecular flexibility index (Phi) is 6.12. The standard InChI is InChI=1S/C13H18N4O/c1-4-8-15-13(14-5-2)17-10-11-6-7-12(18-3)16-9-11/h1,6-7,9H,5,8,10H2,2-3H3,(H2,14,15,17). The Hall–Kier alpha value is -2.22. The summed E-state index contributed by atoms with van der Waals surface area (Å²) in [6, 6.07) is 3.74. The Balaban J connectivity index is 2.59. The summed E-state index contributed by atoms with van der Waals surface area (Å²) in [5.74, 6) is 3.81. The molecule has 96 valence electrons. The number of nitrogens with zero attached hydrogens (tertiary/aromatic N) is 2. The first-order chi connectivity index (χ1) is 8.80. The minimum absolute atomic E-state index is 0.451. The molecule has 2 N–H and O–H groups in total. The number of terminal acetylenes is 1. The zero-order valence-corrected chi connectivity index (χ0v) is 10.7. The molecule has 0 saturated carbocycles. The molecule has 0 aromatic carbocycles. The number of hydrogen-bond donors (Lipinski definition) is 2. The van der Waals surface area contributed by atoms with E-state index in [1.807, 2.05) is 19.1 Å². The number of aromatic nitrogens is 1. The van der Waals surface area contributed by atoms with Crippen LogP contribution in [0.1, 0.15) is 12.5 Å². The molecule has 0 bridgehead atoms. The normalized spacial score (nSPS) is 10.6. The van der Waals surface area contributed by atoms with Crippen molar-refractivity contribution in [2.45, 2.75) is 13.5 Å². The number of guanidine groups is 1. The van der Waals surface area contributed by atoms with Crippen LogP contribution in [0.5, 0.6) is 5.88 Å². The highest BCUT2D eigenvalue weighted by Gasteiger charge is 1.97. The summed E-state index contributed by atoms with van der Waals surface area (Å²) in [5.41, 5.74) is 1.01. The van der Waals surface area contributed by atoms with Crippen LogP contribution in [-0.2, 0) is 6.54 Å². The number of hydrogen-bond acceptors (Lipinski definition) is 3. The van der Waals surface area contributed by atoms with Crippen molar-refractivity contribution in [3.8, 4) is 18.2 Å². The largest absolute Gasteiger partial charge is 0.481 e. The van der Waals surface area contributed by atoms with Gasteiger partial charge in [-0.15, -0.1) is 6.42 Å². The Morgan fingerprint density at radius 2 is 2.33 bits per heavy atom. The van der Waals surface area contributed by atoms with E-state index in [-0.39, 0.29) is 0 Å². The van der Waals surface area contributed by atoms with Crippen LogP contribution in [0.25, 0.3) is 0 Å². The van der Waals surface area contributed by atoms with Gasteiger partial charge in [-0.3, -0.25) is 0 Å². The lowest BCUT2D eigenvalue weighted by Gasteiger charge is -2.08. The van der Waals surface area contributed by atoms with Crippen molar-refractivity contribution in [2.24, 2.45) is 4.99 Å². The molecule has 5 heteroatoms. The van der Waals surface area contributed by atoms with Gasteiger partial charge >= 0.3 is 0 Å². The third kappa shape index (κ3) is 4.74. The Labute approximate surface area is 108 Å². The second-order valence-electron chi connectivity index (χ2n) is 3.46. The minimum Gasteiger partial charge on any atom is -0.481 e. The molecule has 1 rings (SSSR count). The van der Waals surface area contributed by atoms with E-state index in [4.69, 9.17) is 11.2 Å². The number of pyridine rings is 1. The van der Waals surface area contributed by atoms with Crippen LogP contribution in [0.4, 0.5) is 0 Å². The van der Waals surface area contributed by atoms with Gasteiger partial charge in [0, 0.05) is 18.8 Å². The molecule has 1 aromatic rings. The molecule has 0 atom stereocenters. The van der Waals surface area contributed by atoms with E-state index < -0.39 is 0 Å². The van der Waals surface area contributed by atoms with Crippen LogP contribution in [0.15, 0.2) is 23.3 Å². The predicted molar refractivity (Wildman–Crippen MR) is 72.4 cm³/mol. The van der Waals surface area contributed by atoms with Crippen molar-refractivity contribution < 1.29 is 4.74 Å². The van der Waals surface area contributed by atoms with Crippen molar-refractivity contribution in [1.82, 2.24) is 15.6 Å². The second-order valence-corrected chi connectivity index (χ2v) is 3.46. The van der Waals surface area contributed by atoms with Gasteiger partial charge in [-0.25, -0.2) is 9.98 Å². The highest BCUT2D eigenvalue weighted by Crippen LogP contribution is 2.07. The lowest BCUT2D eigenvalue weighted by atomic mass is 10.3. The summed E-state index contributed by atoms with van der Waals surface area (Å²) in [6.45, 7) is 3.78. The van der Waals surface area contributed by atoms with Crippen LogP contribution in [0, 0.1) is 12.3 Å². The second kappa shape index (κ2) is 7.96. The van der Waals surface area contributed by atoms with Gasteiger partial charge in [0.05, 0.1) is 20.2 Å². The van der Waals surface area contributed by atoms with Gasteiger partial charge < -0.3 is 15.4 Å². The summed E-state index contributed by atoms with van der Waals surface area (Å²) < 4.78 is 4.99. The lowest BCUT2D eigenvalue weighted by Crippen LogP contribution is -2.37.